The number of rotatable bonds is 5. The van der Waals surface area contributed by atoms with Gasteiger partial charge in [0, 0.05) is 24.4 Å². The second-order valence-corrected chi connectivity index (χ2v) is 6.83. The van der Waals surface area contributed by atoms with Gasteiger partial charge in [-0.15, -0.1) is 11.3 Å². The van der Waals surface area contributed by atoms with E-state index < -0.39 is 0 Å². The Bertz CT molecular complexity index is 895. The standard InChI is InChI=1S/C17H19N5O3S/c1-11-15(22-5-2-4-18-17(22)20-11)16(23)21-13-8-24-6-3-14(13)25-7-12-9-26-10-19-12/h2,4-5,9-10,13-14H,3,6-8H2,1H3,(H,21,23)/t13-,14+/m1/s1. The first-order valence-electron chi connectivity index (χ1n) is 8.39. The Kier molecular flexibility index (Phi) is 4.91. The van der Waals surface area contributed by atoms with Gasteiger partial charge in [-0.25, -0.2) is 15.0 Å². The highest BCUT2D eigenvalue weighted by Crippen LogP contribution is 2.16. The Hall–Kier alpha value is -2.36. The van der Waals surface area contributed by atoms with Gasteiger partial charge in [0.05, 0.1) is 42.3 Å². The van der Waals surface area contributed by atoms with E-state index in [1.807, 2.05) is 5.38 Å². The van der Waals surface area contributed by atoms with Gasteiger partial charge < -0.3 is 14.8 Å². The normalized spacial score (nSPS) is 20.3. The van der Waals surface area contributed by atoms with Crippen molar-refractivity contribution in [2.24, 2.45) is 0 Å². The maximum Gasteiger partial charge on any atom is 0.270 e. The molecule has 1 fully saturated rings. The molecular weight excluding hydrogens is 354 g/mol. The minimum atomic E-state index is -0.225. The maximum atomic E-state index is 12.9. The van der Waals surface area contributed by atoms with Gasteiger partial charge in [0.2, 0.25) is 5.78 Å². The molecule has 4 heterocycles. The molecule has 26 heavy (non-hydrogen) atoms. The molecule has 0 saturated carbocycles. The number of aryl methyl sites for hydroxylation is 1. The van der Waals surface area contributed by atoms with E-state index in [1.165, 1.54) is 11.3 Å². The fourth-order valence-corrected chi connectivity index (χ4v) is 3.60. The largest absolute Gasteiger partial charge is 0.379 e. The Morgan fingerprint density at radius 2 is 2.42 bits per heavy atom. The number of aromatic nitrogens is 4. The summed E-state index contributed by atoms with van der Waals surface area (Å²) in [6.07, 6.45) is 4.04. The van der Waals surface area contributed by atoms with Crippen molar-refractivity contribution < 1.29 is 14.3 Å². The highest BCUT2D eigenvalue weighted by Gasteiger charge is 2.30. The molecule has 0 spiro atoms. The van der Waals surface area contributed by atoms with E-state index in [1.54, 1.807) is 35.3 Å². The van der Waals surface area contributed by atoms with Crippen LogP contribution < -0.4 is 5.32 Å². The second-order valence-electron chi connectivity index (χ2n) is 6.11. The lowest BCUT2D eigenvalue weighted by Crippen LogP contribution is -2.50. The van der Waals surface area contributed by atoms with Crippen LogP contribution in [0.15, 0.2) is 29.4 Å². The van der Waals surface area contributed by atoms with E-state index in [9.17, 15) is 4.79 Å². The topological polar surface area (TPSA) is 90.6 Å². The number of carbonyl (C=O) groups excluding carboxylic acids is 1. The van der Waals surface area contributed by atoms with Crippen LogP contribution in [0.25, 0.3) is 5.78 Å². The summed E-state index contributed by atoms with van der Waals surface area (Å²) in [5.74, 6) is 0.298. The quantitative estimate of drug-likeness (QED) is 0.731. The molecule has 1 saturated heterocycles. The Labute approximate surface area is 154 Å². The van der Waals surface area contributed by atoms with Crippen molar-refractivity contribution in [3.05, 3.63) is 46.4 Å². The first-order chi connectivity index (χ1) is 12.7. The molecule has 0 aliphatic carbocycles. The molecular formula is C17H19N5O3S. The second kappa shape index (κ2) is 7.48. The van der Waals surface area contributed by atoms with Gasteiger partial charge in [0.15, 0.2) is 0 Å². The third-order valence-electron chi connectivity index (χ3n) is 4.33. The molecule has 1 N–H and O–H groups in total. The highest BCUT2D eigenvalue weighted by molar-refractivity contribution is 7.07. The Morgan fingerprint density at radius 1 is 1.50 bits per heavy atom. The van der Waals surface area contributed by atoms with Gasteiger partial charge in [-0.1, -0.05) is 0 Å². The van der Waals surface area contributed by atoms with Crippen molar-refractivity contribution in [1.82, 2.24) is 24.7 Å². The minimum absolute atomic E-state index is 0.119. The maximum absolute atomic E-state index is 12.9. The average Bonchev–Trinajstić information content (AvgIpc) is 3.27. The minimum Gasteiger partial charge on any atom is -0.379 e. The molecule has 1 aliphatic heterocycles. The van der Waals surface area contributed by atoms with Crippen LogP contribution in [0.2, 0.25) is 0 Å². The molecule has 3 aromatic rings. The van der Waals surface area contributed by atoms with E-state index >= 15 is 0 Å². The third kappa shape index (κ3) is 3.46. The molecule has 4 rings (SSSR count). The number of nitrogens with zero attached hydrogens (tertiary/aromatic N) is 4. The van der Waals surface area contributed by atoms with Crippen LogP contribution in [-0.2, 0) is 16.1 Å². The molecule has 0 aromatic carbocycles. The van der Waals surface area contributed by atoms with Crippen molar-refractivity contribution in [2.75, 3.05) is 13.2 Å². The summed E-state index contributed by atoms with van der Waals surface area (Å²) in [4.78, 5) is 25.6. The molecule has 136 valence electrons. The van der Waals surface area contributed by atoms with Crippen molar-refractivity contribution in [1.29, 1.82) is 0 Å². The number of nitrogens with one attached hydrogen (secondary N) is 1. The molecule has 0 unspecified atom stereocenters. The number of fused-ring (bicyclic) bond motifs is 1. The van der Waals surface area contributed by atoms with Gasteiger partial charge >= 0.3 is 0 Å². The monoisotopic (exact) mass is 373 g/mol. The summed E-state index contributed by atoms with van der Waals surface area (Å²) < 4.78 is 13.2. The lowest BCUT2D eigenvalue weighted by molar-refractivity contribution is -0.0612. The smallest absolute Gasteiger partial charge is 0.270 e. The molecule has 9 heteroatoms. The average molecular weight is 373 g/mol. The number of thiazole rings is 1. The van der Waals surface area contributed by atoms with Crippen LogP contribution in [-0.4, -0.2) is 50.6 Å². The van der Waals surface area contributed by atoms with Gasteiger partial charge in [-0.2, -0.15) is 0 Å². The van der Waals surface area contributed by atoms with Crippen LogP contribution >= 0.6 is 11.3 Å². The molecule has 8 nitrogen and oxygen atoms in total. The zero-order valence-corrected chi connectivity index (χ0v) is 15.1. The van der Waals surface area contributed by atoms with Crippen LogP contribution in [0.1, 0.15) is 28.3 Å². The zero-order chi connectivity index (χ0) is 17.9. The van der Waals surface area contributed by atoms with E-state index in [0.29, 0.717) is 37.0 Å². The SMILES string of the molecule is Cc1nc2ncccn2c1C(=O)N[C@@H]1COCC[C@@H]1OCc1cscn1. The van der Waals surface area contributed by atoms with E-state index in [-0.39, 0.29) is 18.1 Å². The summed E-state index contributed by atoms with van der Waals surface area (Å²) in [6.45, 7) is 3.27. The molecule has 3 aromatic heterocycles. The van der Waals surface area contributed by atoms with E-state index in [4.69, 9.17) is 9.47 Å². The molecule has 1 aliphatic rings. The van der Waals surface area contributed by atoms with E-state index in [2.05, 4.69) is 20.3 Å². The number of hydrogen-bond donors (Lipinski definition) is 1. The number of ether oxygens (including phenoxy) is 2. The fraction of sp³-hybridized carbons (Fsp3) is 0.412. The van der Waals surface area contributed by atoms with Gasteiger partial charge in [-0.3, -0.25) is 9.20 Å². The first-order valence-corrected chi connectivity index (χ1v) is 9.33. The third-order valence-corrected chi connectivity index (χ3v) is 4.97. The van der Waals surface area contributed by atoms with Crippen LogP contribution in [0, 0.1) is 6.92 Å². The van der Waals surface area contributed by atoms with Gasteiger partial charge in [0.1, 0.15) is 5.69 Å². The van der Waals surface area contributed by atoms with Gasteiger partial charge in [0.25, 0.3) is 5.91 Å². The molecule has 2 atom stereocenters. The predicted octanol–water partition coefficient (Wildman–Crippen LogP) is 1.60. The summed E-state index contributed by atoms with van der Waals surface area (Å²) in [7, 11) is 0. The number of carbonyl (C=O) groups is 1. The van der Waals surface area contributed by atoms with Crippen molar-refractivity contribution in [2.45, 2.75) is 32.1 Å². The fourth-order valence-electron chi connectivity index (χ4n) is 3.06. The Balaban J connectivity index is 1.48. The summed E-state index contributed by atoms with van der Waals surface area (Å²) in [6, 6.07) is 1.55. The number of amides is 1. The van der Waals surface area contributed by atoms with Crippen molar-refractivity contribution in [3.63, 3.8) is 0 Å². The number of imidazole rings is 1. The summed E-state index contributed by atoms with van der Waals surface area (Å²) >= 11 is 1.54. The predicted molar refractivity (Wildman–Crippen MR) is 95.1 cm³/mol. The summed E-state index contributed by atoms with van der Waals surface area (Å²) in [5, 5.41) is 5.00. The number of hydrogen-bond acceptors (Lipinski definition) is 7. The molecule has 0 radical (unpaired) electrons. The molecule has 0 bridgehead atoms. The van der Waals surface area contributed by atoms with Crippen molar-refractivity contribution in [3.8, 4) is 0 Å². The van der Waals surface area contributed by atoms with Gasteiger partial charge in [-0.05, 0) is 19.4 Å². The lowest BCUT2D eigenvalue weighted by atomic mass is 10.1. The van der Waals surface area contributed by atoms with Crippen molar-refractivity contribution >= 4 is 23.0 Å². The highest BCUT2D eigenvalue weighted by atomic mass is 32.1. The lowest BCUT2D eigenvalue weighted by Gasteiger charge is -2.31. The Morgan fingerprint density at radius 3 is 3.27 bits per heavy atom. The van der Waals surface area contributed by atoms with E-state index in [0.717, 1.165) is 12.1 Å². The summed E-state index contributed by atoms with van der Waals surface area (Å²) in [5.41, 5.74) is 3.80. The first kappa shape index (κ1) is 17.1. The zero-order valence-electron chi connectivity index (χ0n) is 14.3. The molecule has 1 amide bonds. The van der Waals surface area contributed by atoms with Crippen LogP contribution in [0.4, 0.5) is 0 Å². The van der Waals surface area contributed by atoms with Crippen LogP contribution in [0.5, 0.6) is 0 Å². The van der Waals surface area contributed by atoms with Crippen LogP contribution in [0.3, 0.4) is 0 Å².